The highest BCUT2D eigenvalue weighted by atomic mass is 31.2. The van der Waals surface area contributed by atoms with Gasteiger partial charge in [-0.25, -0.2) is 4.79 Å². The molecule has 146 heavy (non-hydrogen) atoms. The van der Waals surface area contributed by atoms with Gasteiger partial charge in [0.15, 0.2) is 69.2 Å². The molecule has 11 saturated heterocycles. The van der Waals surface area contributed by atoms with Gasteiger partial charge in [0.25, 0.3) is 0 Å². The third-order valence-corrected chi connectivity index (χ3v) is 26.5. The zero-order valence-electron chi connectivity index (χ0n) is 77.7. The van der Waals surface area contributed by atoms with Crippen molar-refractivity contribution in [2.75, 3.05) is 125 Å². The van der Waals surface area contributed by atoms with Crippen LogP contribution in [0, 0.1) is 0 Å². The summed E-state index contributed by atoms with van der Waals surface area (Å²) in [4.78, 5) is 56.7. The van der Waals surface area contributed by atoms with Crippen LogP contribution in [-0.4, -0.2) is 654 Å². The number of ether oxygens (including phenoxy) is 25. The number of nitrogens with one attached hydrogen (secondary N) is 3. The second-order valence-electron chi connectivity index (χ2n) is 35.9. The highest BCUT2D eigenvalue weighted by molar-refractivity contribution is 7.51. The molecule has 0 aromatic rings. The summed E-state index contributed by atoms with van der Waals surface area (Å²) in [6.07, 6.45) is -120. The summed E-state index contributed by atoms with van der Waals surface area (Å²) in [5.41, 5.74) is 0. The predicted octanol–water partition coefficient (Wildman–Crippen LogP) is -24.7. The Bertz CT molecular complexity index is 3940. The molecule has 850 valence electrons. The summed E-state index contributed by atoms with van der Waals surface area (Å²) < 4.78 is 157. The van der Waals surface area contributed by atoms with Gasteiger partial charge in [0.2, 0.25) is 11.8 Å². The number of aliphatic hydroxyl groups excluding tert-OH is 32. The van der Waals surface area contributed by atoms with Gasteiger partial charge in [0.05, 0.1) is 112 Å². The first-order valence-corrected chi connectivity index (χ1v) is 48.1. The molecule has 0 saturated carbocycles. The van der Waals surface area contributed by atoms with Crippen molar-refractivity contribution in [1.82, 2.24) is 16.0 Å². The van der Waals surface area contributed by atoms with Crippen LogP contribution in [0.5, 0.6) is 0 Å². The lowest BCUT2D eigenvalue weighted by Crippen LogP contribution is -2.70. The van der Waals surface area contributed by atoms with Crippen molar-refractivity contribution >= 4 is 25.5 Å². The number of alkyl carbamates (subject to hydrolysis) is 1. The van der Waals surface area contributed by atoms with E-state index in [0.29, 0.717) is 0 Å². The number of hydrogen-bond donors (Lipinski definition) is 37. The van der Waals surface area contributed by atoms with E-state index in [-0.39, 0.29) is 39.6 Å². The topological polar surface area (TPSA) is 1020 Å². The Kier molecular flexibility index (Phi) is 46.6. The fourth-order valence-corrected chi connectivity index (χ4v) is 18.0. The van der Waals surface area contributed by atoms with Crippen LogP contribution in [0.25, 0.3) is 0 Å². The lowest BCUT2D eigenvalue weighted by Gasteiger charge is -2.51. The molecule has 3 amide bonds. The van der Waals surface area contributed by atoms with Crippen molar-refractivity contribution in [3.8, 4) is 0 Å². The quantitative estimate of drug-likeness (QED) is 0.0199. The largest absolute Gasteiger partial charge is 0.447 e. The molecule has 11 rings (SSSR count). The lowest BCUT2D eigenvalue weighted by molar-refractivity contribution is -0.408. The first-order chi connectivity index (χ1) is 69.2. The predicted molar refractivity (Wildman–Crippen MR) is 447 cm³/mol. The fraction of sp³-hybridized carbons (Fsp3) is 0.962. The number of hydrogen-bond acceptors (Lipinski definition) is 61. The van der Waals surface area contributed by atoms with Crippen LogP contribution in [0.4, 0.5) is 4.79 Å². The Hall–Kier alpha value is -3.88. The first-order valence-electron chi connectivity index (χ1n) is 46.3. The molecule has 0 aromatic heterocycles. The highest BCUT2D eigenvalue weighted by Gasteiger charge is 2.63. The highest BCUT2D eigenvalue weighted by Crippen LogP contribution is 2.43. The average Bonchev–Trinajstić information content (AvgIpc) is 0.763. The normalized spacial score (nSPS) is 46.8. The molecule has 0 spiro atoms. The van der Waals surface area contributed by atoms with Crippen molar-refractivity contribution < 1.29 is 311 Å². The zero-order chi connectivity index (χ0) is 107. The van der Waals surface area contributed by atoms with E-state index in [2.05, 4.69) is 16.0 Å². The van der Waals surface area contributed by atoms with E-state index in [1.807, 2.05) is 0 Å². The van der Waals surface area contributed by atoms with E-state index in [4.69, 9.17) is 128 Å². The third kappa shape index (κ3) is 29.3. The van der Waals surface area contributed by atoms with Crippen LogP contribution in [0.2, 0.25) is 0 Å². The minimum Gasteiger partial charge on any atom is -0.447 e. The molecule has 11 aliphatic rings. The molecule has 66 nitrogen and oxygen atoms in total. The monoisotopic (exact) mass is 2170 g/mol. The van der Waals surface area contributed by atoms with Crippen molar-refractivity contribution in [3.63, 3.8) is 0 Å². The Labute approximate surface area is 826 Å². The van der Waals surface area contributed by atoms with Gasteiger partial charge in [-0.1, -0.05) is 0 Å². The molecule has 11 fully saturated rings. The summed E-state index contributed by atoms with van der Waals surface area (Å²) in [7, 11) is -4.29. The Morgan fingerprint density at radius 3 is 0.884 bits per heavy atom. The summed E-state index contributed by atoms with van der Waals surface area (Å²) in [6, 6.07) is -3.76. The van der Waals surface area contributed by atoms with Gasteiger partial charge in [-0.05, 0) is 0 Å². The molecule has 0 radical (unpaired) electrons. The molecule has 0 bridgehead atoms. The van der Waals surface area contributed by atoms with Crippen LogP contribution in [0.3, 0.4) is 0 Å². The van der Waals surface area contributed by atoms with E-state index in [1.54, 1.807) is 0 Å². The molecular formula is C79H136N3O63P. The molecule has 0 aliphatic carbocycles. The van der Waals surface area contributed by atoms with Crippen LogP contribution in [0.15, 0.2) is 0 Å². The van der Waals surface area contributed by atoms with Crippen molar-refractivity contribution in [2.24, 2.45) is 0 Å². The molecule has 11 heterocycles. The van der Waals surface area contributed by atoms with Gasteiger partial charge >= 0.3 is 13.7 Å². The maximum absolute atomic E-state index is 13.4. The van der Waals surface area contributed by atoms with Gasteiger partial charge < -0.3 is 308 Å². The first kappa shape index (κ1) is 122. The summed E-state index contributed by atoms with van der Waals surface area (Å²) >= 11 is 0. The minimum absolute atomic E-state index is 0.0360. The fourth-order valence-electron chi connectivity index (χ4n) is 17.7. The molecule has 67 heteroatoms. The van der Waals surface area contributed by atoms with Crippen LogP contribution in [0.1, 0.15) is 13.8 Å². The Balaban J connectivity index is 0.920. The molecule has 55 atom stereocenters. The van der Waals surface area contributed by atoms with E-state index >= 15 is 0 Å². The third-order valence-electron chi connectivity index (χ3n) is 25.8. The molecule has 0 aromatic carbocycles. The van der Waals surface area contributed by atoms with Gasteiger partial charge in [-0.3, -0.25) is 14.2 Å². The molecule has 37 N–H and O–H groups in total. The minimum atomic E-state index is -4.29. The number of carbonyl (C=O) groups is 3. The van der Waals surface area contributed by atoms with E-state index in [1.165, 1.54) is 0 Å². The second kappa shape index (κ2) is 55.7. The number of carbonyl (C=O) groups excluding carboxylic acids is 3. The average molecular weight is 2170 g/mol. The van der Waals surface area contributed by atoms with E-state index in [9.17, 15) is 182 Å². The smallest absolute Gasteiger partial charge is 0.407 e. The van der Waals surface area contributed by atoms with E-state index in [0.717, 1.165) is 13.8 Å². The van der Waals surface area contributed by atoms with Crippen molar-refractivity contribution in [1.29, 1.82) is 0 Å². The van der Waals surface area contributed by atoms with Crippen molar-refractivity contribution in [3.05, 3.63) is 0 Å². The Morgan fingerprint density at radius 1 is 0.247 bits per heavy atom. The lowest BCUT2D eigenvalue weighted by atomic mass is 9.93. The second-order valence-corrected chi connectivity index (χ2v) is 37.6. The van der Waals surface area contributed by atoms with Gasteiger partial charge in [0, 0.05) is 20.4 Å². The number of amides is 3. The summed E-state index contributed by atoms with van der Waals surface area (Å²) in [6.45, 7) is -12.8. The standard InChI is InChI=1S/C79H136N3O63P/c1-22(92)81-35-46(103)60(31(18-90)134-68(35)123-4-3-80-79(117)124-8-7-121-5-6-122-9-10-146(118,119)120)138-69-36(82-23(2)93)47(104)61(32(19-91)135-69)139-74-59(116)63(141-77-67(54(111)43(100)29(16-88)132-77)145-78-66(53(110)42(99)30(17-89)133-78)144-73-57(114)50(107)39(96)26(13-85)129-73)45(102)34(137-74)20-125-70-58(115)62(140-76-65(52(109)41(98)28(15-87)131-76)143-72-56(113)49(106)38(95)25(12-84)128-72)44(101)33(136-70)21-126-75-64(51(108)40(97)27(14-86)130-75)142-71-55(112)48(105)37(94)24(11-83)127-71/h24-78,83-91,94-116H,3-21H2,1-2H3,(H,80,117)(H,81,92)(H,82,93)(H2,118,119,120)/t24?,25-,26-,27?,28-,29-,30-,31?,32?,33?,34?,35?,36?,37+,38+,39+,40+,41+,42+,43+,44+,45+,46+,47+,48-,49?,50?,51-,52?,53?,54?,55?,56?,57?,58?,59?,60+,61+,62-,63-,64?,65?,66?,67?,68+,69-,70-,71+,72+,73+,74-,75-,76+,77+,78+/m0/s1. The molecular weight excluding hydrogens is 2030 g/mol. The Morgan fingerprint density at radius 2 is 0.514 bits per heavy atom. The zero-order valence-corrected chi connectivity index (χ0v) is 78.6. The van der Waals surface area contributed by atoms with Gasteiger partial charge in [0.1, 0.15) is 275 Å². The maximum atomic E-state index is 13.4. The van der Waals surface area contributed by atoms with Crippen LogP contribution >= 0.6 is 7.60 Å². The molecule has 11 aliphatic heterocycles. The molecule has 22 unspecified atom stereocenters. The van der Waals surface area contributed by atoms with E-state index < -0.39 is 449 Å². The summed E-state index contributed by atoms with van der Waals surface area (Å²) in [5.74, 6) is -1.88. The van der Waals surface area contributed by atoms with Crippen LogP contribution in [-0.2, 0) is 133 Å². The van der Waals surface area contributed by atoms with Gasteiger partial charge in [-0.2, -0.15) is 0 Å². The maximum Gasteiger partial charge on any atom is 0.407 e. The van der Waals surface area contributed by atoms with Crippen LogP contribution < -0.4 is 16.0 Å². The number of aliphatic hydroxyl groups is 32. The van der Waals surface area contributed by atoms with Crippen molar-refractivity contribution in [2.45, 2.75) is 351 Å². The summed E-state index contributed by atoms with van der Waals surface area (Å²) in [5, 5.41) is 368. The van der Waals surface area contributed by atoms with Gasteiger partial charge in [-0.15, -0.1) is 0 Å². The SMILES string of the molecule is CC(=O)NC1[C@H](OCCNC(=O)OCCOCCOCCP(=O)(O)O)OC(CO)[C@@H](O[C@@H]2OC(CO)[C@@H](O[C@@H]3OC(CO[C@H]4OC(CO[C@H]5OC(CO)[C@@H](O)[C@H](O)C5O[C@H]5OC(CO)[C@@H](O)[C@H](O)C5O)[C@@H](O)[C@H](O[C@H]5O[C@@H](CO)[C@@H](O)C(O)C5O[C@H]5O[C@@H](CO)[C@@H](O)C(O)C5O)C4O)[C@@H](O)[C@H](O[C@H]4O[C@@H](CO)[C@@H](O)C(O)C4O[C@H]4O[C@@H](CO)[C@@H](O)C(O)C4O[C@H]4O[C@@H](CO)[C@@H](O)C(O)C4O)C3O)[C@H](O)C2NC(C)=O)[C@@H]1O. The number of rotatable bonds is 46.